The monoisotopic (exact) mass is 465 g/mol. The SMILES string of the molecule is COc1ccc(CN(C(=O)CN2CCC(C(=O)Nc3ccc4c(c3)OCO4)CC2)C2CC2)cc1. The second-order valence-electron chi connectivity index (χ2n) is 9.21. The van der Waals surface area contributed by atoms with Crippen LogP contribution in [0.2, 0.25) is 0 Å². The zero-order valence-corrected chi connectivity index (χ0v) is 19.5. The third kappa shape index (κ3) is 5.28. The van der Waals surface area contributed by atoms with Crippen LogP contribution in [0.15, 0.2) is 42.5 Å². The second-order valence-corrected chi connectivity index (χ2v) is 9.21. The molecule has 0 unspecified atom stereocenters. The van der Waals surface area contributed by atoms with Crippen LogP contribution in [0.5, 0.6) is 17.2 Å². The Hall–Kier alpha value is -3.26. The average Bonchev–Trinajstić information content (AvgIpc) is 3.59. The first-order valence-corrected chi connectivity index (χ1v) is 11.9. The number of nitrogens with one attached hydrogen (secondary N) is 1. The summed E-state index contributed by atoms with van der Waals surface area (Å²) in [5.41, 5.74) is 1.82. The fourth-order valence-corrected chi connectivity index (χ4v) is 4.59. The molecule has 5 rings (SSSR count). The van der Waals surface area contributed by atoms with Gasteiger partial charge in [0, 0.05) is 30.3 Å². The molecule has 8 nitrogen and oxygen atoms in total. The number of ether oxygens (including phenoxy) is 3. The first kappa shape index (κ1) is 22.5. The number of hydrogen-bond donors (Lipinski definition) is 1. The van der Waals surface area contributed by atoms with Gasteiger partial charge in [0.15, 0.2) is 11.5 Å². The van der Waals surface area contributed by atoms with Crippen LogP contribution in [0.25, 0.3) is 0 Å². The Morgan fingerprint density at radius 1 is 1.03 bits per heavy atom. The molecule has 2 amide bonds. The summed E-state index contributed by atoms with van der Waals surface area (Å²) in [4.78, 5) is 30.1. The minimum Gasteiger partial charge on any atom is -0.497 e. The van der Waals surface area contributed by atoms with Crippen molar-refractivity contribution in [2.75, 3.05) is 38.9 Å². The van der Waals surface area contributed by atoms with Gasteiger partial charge in [-0.1, -0.05) is 12.1 Å². The number of rotatable bonds is 8. The summed E-state index contributed by atoms with van der Waals surface area (Å²) in [6.45, 7) is 2.73. The van der Waals surface area contributed by atoms with E-state index in [2.05, 4.69) is 10.2 Å². The molecule has 180 valence electrons. The molecule has 2 fully saturated rings. The number of benzene rings is 2. The largest absolute Gasteiger partial charge is 0.497 e. The van der Waals surface area contributed by atoms with E-state index in [9.17, 15) is 9.59 Å². The molecule has 0 aromatic heterocycles. The van der Waals surface area contributed by atoms with Crippen molar-refractivity contribution in [1.82, 2.24) is 9.80 Å². The van der Waals surface area contributed by atoms with E-state index < -0.39 is 0 Å². The predicted octanol–water partition coefficient (Wildman–Crippen LogP) is 3.27. The van der Waals surface area contributed by atoms with E-state index in [0.717, 1.165) is 50.1 Å². The summed E-state index contributed by atoms with van der Waals surface area (Å²) >= 11 is 0. The topological polar surface area (TPSA) is 80.3 Å². The van der Waals surface area contributed by atoms with Crippen LogP contribution >= 0.6 is 0 Å². The molecule has 0 radical (unpaired) electrons. The molecule has 8 heteroatoms. The molecule has 2 aromatic rings. The van der Waals surface area contributed by atoms with Gasteiger partial charge in [-0.25, -0.2) is 0 Å². The van der Waals surface area contributed by atoms with Crippen LogP contribution < -0.4 is 19.5 Å². The van der Waals surface area contributed by atoms with E-state index in [1.807, 2.05) is 41.3 Å². The van der Waals surface area contributed by atoms with Gasteiger partial charge in [0.05, 0.1) is 13.7 Å². The third-order valence-electron chi connectivity index (χ3n) is 6.78. The molecule has 2 heterocycles. The van der Waals surface area contributed by atoms with E-state index in [4.69, 9.17) is 14.2 Å². The first-order chi connectivity index (χ1) is 16.6. The Balaban J connectivity index is 1.10. The van der Waals surface area contributed by atoms with Crippen molar-refractivity contribution in [3.05, 3.63) is 48.0 Å². The van der Waals surface area contributed by atoms with Gasteiger partial charge in [-0.3, -0.25) is 14.5 Å². The van der Waals surface area contributed by atoms with E-state index in [1.165, 1.54) is 0 Å². The zero-order chi connectivity index (χ0) is 23.5. The second kappa shape index (κ2) is 9.93. The molecular formula is C26H31N3O5. The molecule has 0 bridgehead atoms. The minimum atomic E-state index is -0.0596. The molecule has 1 saturated carbocycles. The van der Waals surface area contributed by atoms with Crippen molar-refractivity contribution in [2.24, 2.45) is 5.92 Å². The van der Waals surface area contributed by atoms with Gasteiger partial charge in [-0.05, 0) is 68.6 Å². The van der Waals surface area contributed by atoms with Crippen molar-refractivity contribution in [3.63, 3.8) is 0 Å². The van der Waals surface area contributed by atoms with Crippen molar-refractivity contribution in [1.29, 1.82) is 0 Å². The Morgan fingerprint density at radius 3 is 2.47 bits per heavy atom. The zero-order valence-electron chi connectivity index (χ0n) is 19.5. The molecule has 1 saturated heterocycles. The molecule has 0 spiro atoms. The molecule has 34 heavy (non-hydrogen) atoms. The van der Waals surface area contributed by atoms with Crippen LogP contribution in [0.4, 0.5) is 5.69 Å². The smallest absolute Gasteiger partial charge is 0.237 e. The molecule has 2 aliphatic heterocycles. The van der Waals surface area contributed by atoms with Gasteiger partial charge >= 0.3 is 0 Å². The Kier molecular flexibility index (Phi) is 6.58. The Labute approximate surface area is 199 Å². The fraction of sp³-hybridized carbons (Fsp3) is 0.462. The van der Waals surface area contributed by atoms with Crippen LogP contribution in [0.1, 0.15) is 31.2 Å². The summed E-state index contributed by atoms with van der Waals surface area (Å²) in [6, 6.07) is 13.7. The van der Waals surface area contributed by atoms with E-state index in [1.54, 1.807) is 13.2 Å². The van der Waals surface area contributed by atoms with Crippen LogP contribution in [0.3, 0.4) is 0 Å². The van der Waals surface area contributed by atoms with E-state index in [-0.39, 0.29) is 24.5 Å². The molecule has 1 aliphatic carbocycles. The number of likely N-dealkylation sites (tertiary alicyclic amines) is 1. The number of piperidine rings is 1. The number of carbonyl (C=O) groups is 2. The summed E-state index contributed by atoms with van der Waals surface area (Å²) < 4.78 is 15.9. The highest BCUT2D eigenvalue weighted by atomic mass is 16.7. The maximum Gasteiger partial charge on any atom is 0.237 e. The van der Waals surface area contributed by atoms with Gasteiger partial charge in [0.25, 0.3) is 0 Å². The number of anilines is 1. The highest BCUT2D eigenvalue weighted by Gasteiger charge is 2.34. The quantitative estimate of drug-likeness (QED) is 0.645. The van der Waals surface area contributed by atoms with Gasteiger partial charge in [-0.15, -0.1) is 0 Å². The van der Waals surface area contributed by atoms with Crippen molar-refractivity contribution < 1.29 is 23.8 Å². The standard InChI is InChI=1S/C26H31N3O5/c1-32-22-7-2-18(3-8-22)15-29(21-5-6-21)25(30)16-28-12-10-19(11-13-28)26(31)27-20-4-9-23-24(14-20)34-17-33-23/h2-4,7-9,14,19,21H,5-6,10-13,15-17H2,1H3,(H,27,31). The van der Waals surface area contributed by atoms with Crippen molar-refractivity contribution in [3.8, 4) is 17.2 Å². The number of hydrogen-bond acceptors (Lipinski definition) is 6. The molecule has 3 aliphatic rings. The molecule has 2 aromatic carbocycles. The highest BCUT2D eigenvalue weighted by Crippen LogP contribution is 2.34. The lowest BCUT2D eigenvalue weighted by molar-refractivity contribution is -0.134. The number of nitrogens with zero attached hydrogens (tertiary/aromatic N) is 2. The van der Waals surface area contributed by atoms with Gasteiger partial charge < -0.3 is 24.4 Å². The van der Waals surface area contributed by atoms with Gasteiger partial charge in [-0.2, -0.15) is 0 Å². The third-order valence-corrected chi connectivity index (χ3v) is 6.78. The van der Waals surface area contributed by atoms with E-state index >= 15 is 0 Å². The van der Waals surface area contributed by atoms with Gasteiger partial charge in [0.2, 0.25) is 18.6 Å². The van der Waals surface area contributed by atoms with Crippen molar-refractivity contribution >= 4 is 17.5 Å². The minimum absolute atomic E-state index is 0.0176. The number of methoxy groups -OCH3 is 1. The number of amides is 2. The highest BCUT2D eigenvalue weighted by molar-refractivity contribution is 5.93. The average molecular weight is 466 g/mol. The van der Waals surface area contributed by atoms with E-state index in [0.29, 0.717) is 36.3 Å². The maximum absolute atomic E-state index is 13.1. The lowest BCUT2D eigenvalue weighted by Gasteiger charge is -2.32. The van der Waals surface area contributed by atoms with Crippen molar-refractivity contribution in [2.45, 2.75) is 38.3 Å². The lowest BCUT2D eigenvalue weighted by atomic mass is 9.95. The summed E-state index contributed by atoms with van der Waals surface area (Å²) in [5.74, 6) is 2.30. The summed E-state index contributed by atoms with van der Waals surface area (Å²) in [6.07, 6.45) is 3.63. The molecular weight excluding hydrogens is 434 g/mol. The summed E-state index contributed by atoms with van der Waals surface area (Å²) in [5, 5.41) is 3.00. The van der Waals surface area contributed by atoms with Crippen LogP contribution in [0, 0.1) is 5.92 Å². The number of carbonyl (C=O) groups excluding carboxylic acids is 2. The fourth-order valence-electron chi connectivity index (χ4n) is 4.59. The molecule has 1 N–H and O–H groups in total. The van der Waals surface area contributed by atoms with Crippen LogP contribution in [-0.4, -0.2) is 61.2 Å². The first-order valence-electron chi connectivity index (χ1n) is 11.9. The van der Waals surface area contributed by atoms with Gasteiger partial charge in [0.1, 0.15) is 5.75 Å². The Bertz CT molecular complexity index is 1030. The molecule has 0 atom stereocenters. The lowest BCUT2D eigenvalue weighted by Crippen LogP contribution is -2.45. The number of fused-ring (bicyclic) bond motifs is 1. The summed E-state index contributed by atoms with van der Waals surface area (Å²) in [7, 11) is 1.65. The predicted molar refractivity (Wildman–Crippen MR) is 127 cm³/mol. The van der Waals surface area contributed by atoms with Crippen LogP contribution in [-0.2, 0) is 16.1 Å². The Morgan fingerprint density at radius 2 is 1.76 bits per heavy atom. The normalized spacial score (nSPS) is 17.9. The maximum atomic E-state index is 13.1.